The van der Waals surface area contributed by atoms with Gasteiger partial charge >= 0.3 is 0 Å². The number of carbonyl (C=O) groups excluding carboxylic acids is 2. The maximum absolute atomic E-state index is 12.0. The zero-order valence-corrected chi connectivity index (χ0v) is 10.9. The fourth-order valence-corrected chi connectivity index (χ4v) is 3.14. The molecule has 2 N–H and O–H groups in total. The Morgan fingerprint density at radius 1 is 1.21 bits per heavy atom. The molecule has 5 nitrogen and oxygen atoms in total. The number of hydrogen-bond donors (Lipinski definition) is 2. The number of fused-ring (bicyclic) bond motifs is 3. The fourth-order valence-electron chi connectivity index (χ4n) is 3.14. The number of benzene rings is 1. The molecule has 0 aromatic heterocycles. The lowest BCUT2D eigenvalue weighted by atomic mass is 9.72. The number of nitrogens with one attached hydrogen (secondary N) is 2. The third kappa shape index (κ3) is 1.77. The summed E-state index contributed by atoms with van der Waals surface area (Å²) < 4.78 is 5.35. The van der Waals surface area contributed by atoms with E-state index < -0.39 is 11.6 Å². The predicted molar refractivity (Wildman–Crippen MR) is 68.5 cm³/mol. The highest BCUT2D eigenvalue weighted by atomic mass is 16.5. The summed E-state index contributed by atoms with van der Waals surface area (Å²) in [5.41, 5.74) is 0.264. The van der Waals surface area contributed by atoms with Crippen LogP contribution in [0.15, 0.2) is 24.3 Å². The molecular weight excluding hydrogens is 244 g/mol. The summed E-state index contributed by atoms with van der Waals surface area (Å²) in [7, 11) is 1.60. The highest BCUT2D eigenvalue weighted by Crippen LogP contribution is 2.43. The monoisotopic (exact) mass is 260 g/mol. The second-order valence-electron chi connectivity index (χ2n) is 5.34. The average Bonchev–Trinajstić information content (AvgIpc) is 2.36. The molecule has 1 atom stereocenters. The van der Waals surface area contributed by atoms with Crippen molar-refractivity contribution >= 4 is 11.8 Å². The molecule has 0 spiro atoms. The van der Waals surface area contributed by atoms with Gasteiger partial charge in [0.1, 0.15) is 17.3 Å². The van der Waals surface area contributed by atoms with Gasteiger partial charge < -0.3 is 15.4 Å². The first-order valence-electron chi connectivity index (χ1n) is 6.31. The van der Waals surface area contributed by atoms with Crippen molar-refractivity contribution in [3.05, 3.63) is 29.8 Å². The van der Waals surface area contributed by atoms with E-state index in [4.69, 9.17) is 4.74 Å². The Morgan fingerprint density at radius 2 is 1.84 bits per heavy atom. The van der Waals surface area contributed by atoms with E-state index in [1.54, 1.807) is 7.11 Å². The van der Waals surface area contributed by atoms with Gasteiger partial charge in [0.15, 0.2) is 0 Å². The number of methoxy groups -OCH3 is 1. The van der Waals surface area contributed by atoms with Gasteiger partial charge in [-0.15, -0.1) is 0 Å². The first-order chi connectivity index (χ1) is 9.04. The Morgan fingerprint density at radius 3 is 2.42 bits per heavy atom. The molecule has 3 heterocycles. The van der Waals surface area contributed by atoms with Crippen molar-refractivity contribution in [2.24, 2.45) is 5.92 Å². The largest absolute Gasteiger partial charge is 0.496 e. The molecule has 5 heteroatoms. The number of carbonyl (C=O) groups is 2. The van der Waals surface area contributed by atoms with Gasteiger partial charge in [-0.3, -0.25) is 9.59 Å². The van der Waals surface area contributed by atoms with Crippen LogP contribution in [0.25, 0.3) is 0 Å². The predicted octanol–water partition coefficient (Wildman–Crippen LogP) is 0.761. The molecule has 1 aromatic rings. The van der Waals surface area contributed by atoms with E-state index in [9.17, 15) is 9.59 Å². The minimum absolute atomic E-state index is 0.136. The second-order valence-corrected chi connectivity index (χ2v) is 5.34. The van der Waals surface area contributed by atoms with Gasteiger partial charge in [0.05, 0.1) is 7.11 Å². The number of piperidine rings is 2. The number of amides is 2. The molecule has 1 aromatic carbocycles. The van der Waals surface area contributed by atoms with Gasteiger partial charge in [-0.05, 0) is 25.0 Å². The van der Waals surface area contributed by atoms with Crippen LogP contribution in [0.4, 0.5) is 0 Å². The van der Waals surface area contributed by atoms with Crippen LogP contribution in [0, 0.1) is 5.92 Å². The van der Waals surface area contributed by atoms with Crippen molar-refractivity contribution in [2.45, 2.75) is 24.9 Å². The quantitative estimate of drug-likeness (QED) is 0.771. The summed E-state index contributed by atoms with van der Waals surface area (Å²) in [6.07, 6.45) is 0.676. The Labute approximate surface area is 111 Å². The highest BCUT2D eigenvalue weighted by Gasteiger charge is 2.53. The standard InChI is InChI=1S/C14H16N2O3/c1-14-7-9(8-5-3-4-6-10(8)19-2)11(12(17)15-14)13(18)16-14/h3-6,9,11H,7H2,1-2H3,(H,15,17)(H,16,18)/t9-,11?,14?/m0/s1. The average molecular weight is 260 g/mol. The normalized spacial score (nSPS) is 32.7. The molecule has 3 fully saturated rings. The van der Waals surface area contributed by atoms with Crippen molar-refractivity contribution in [1.29, 1.82) is 0 Å². The summed E-state index contributed by atoms with van der Waals surface area (Å²) in [4.78, 5) is 24.1. The molecule has 19 heavy (non-hydrogen) atoms. The highest BCUT2D eigenvalue weighted by molar-refractivity contribution is 6.05. The molecular formula is C14H16N2O3. The maximum atomic E-state index is 12.0. The second kappa shape index (κ2) is 3.98. The molecule has 0 saturated carbocycles. The molecule has 100 valence electrons. The summed E-state index contributed by atoms with van der Waals surface area (Å²) in [6.45, 7) is 1.83. The molecule has 2 amide bonds. The number of para-hydroxylation sites is 1. The summed E-state index contributed by atoms with van der Waals surface area (Å²) in [6, 6.07) is 7.56. The molecule has 0 unspecified atom stereocenters. The van der Waals surface area contributed by atoms with E-state index in [1.165, 1.54) is 0 Å². The number of rotatable bonds is 2. The molecule has 4 rings (SSSR count). The van der Waals surface area contributed by atoms with Crippen LogP contribution in [0.2, 0.25) is 0 Å². The lowest BCUT2D eigenvalue weighted by molar-refractivity contribution is -0.149. The molecule has 3 aliphatic rings. The summed E-state index contributed by atoms with van der Waals surface area (Å²) in [5.74, 6) is -0.479. The zero-order chi connectivity index (χ0) is 13.6. The van der Waals surface area contributed by atoms with E-state index in [2.05, 4.69) is 10.6 Å². The van der Waals surface area contributed by atoms with Gasteiger partial charge in [0.25, 0.3) is 0 Å². The van der Waals surface area contributed by atoms with Crippen LogP contribution in [0.3, 0.4) is 0 Å². The van der Waals surface area contributed by atoms with Crippen molar-refractivity contribution in [1.82, 2.24) is 10.6 Å². The van der Waals surface area contributed by atoms with E-state index in [0.717, 1.165) is 11.3 Å². The van der Waals surface area contributed by atoms with E-state index >= 15 is 0 Å². The first kappa shape index (κ1) is 12.0. The minimum atomic E-state index is -0.668. The lowest BCUT2D eigenvalue weighted by Gasteiger charge is -2.48. The maximum Gasteiger partial charge on any atom is 0.235 e. The van der Waals surface area contributed by atoms with Crippen molar-refractivity contribution in [3.8, 4) is 5.75 Å². The summed E-state index contributed by atoms with van der Waals surface area (Å²) in [5, 5.41) is 5.70. The smallest absolute Gasteiger partial charge is 0.235 e. The van der Waals surface area contributed by atoms with Crippen LogP contribution in [0.1, 0.15) is 24.8 Å². The molecule has 2 bridgehead atoms. The minimum Gasteiger partial charge on any atom is -0.496 e. The number of ether oxygens (including phenoxy) is 1. The van der Waals surface area contributed by atoms with E-state index in [-0.39, 0.29) is 17.7 Å². The topological polar surface area (TPSA) is 67.4 Å². The Kier molecular flexibility index (Phi) is 2.52. The molecule has 0 radical (unpaired) electrons. The molecule has 3 saturated heterocycles. The van der Waals surface area contributed by atoms with E-state index in [1.807, 2.05) is 31.2 Å². The molecule has 0 aliphatic carbocycles. The third-order valence-corrected chi connectivity index (χ3v) is 3.93. The van der Waals surface area contributed by atoms with Gasteiger partial charge in [-0.1, -0.05) is 18.2 Å². The lowest BCUT2D eigenvalue weighted by Crippen LogP contribution is -2.72. The van der Waals surface area contributed by atoms with Crippen LogP contribution in [0.5, 0.6) is 5.75 Å². The summed E-state index contributed by atoms with van der Waals surface area (Å²) >= 11 is 0. The van der Waals surface area contributed by atoms with Crippen LogP contribution >= 0.6 is 0 Å². The number of hydrogen-bond acceptors (Lipinski definition) is 3. The van der Waals surface area contributed by atoms with Gasteiger partial charge in [0, 0.05) is 5.92 Å². The van der Waals surface area contributed by atoms with Crippen molar-refractivity contribution in [2.75, 3.05) is 7.11 Å². The van der Waals surface area contributed by atoms with Crippen molar-refractivity contribution in [3.63, 3.8) is 0 Å². The van der Waals surface area contributed by atoms with Crippen molar-refractivity contribution < 1.29 is 14.3 Å². The van der Waals surface area contributed by atoms with Crippen LogP contribution in [-0.4, -0.2) is 24.6 Å². The molecule has 3 aliphatic heterocycles. The Hall–Kier alpha value is -2.04. The van der Waals surface area contributed by atoms with Gasteiger partial charge in [-0.2, -0.15) is 0 Å². The third-order valence-electron chi connectivity index (χ3n) is 3.93. The van der Waals surface area contributed by atoms with Gasteiger partial charge in [-0.25, -0.2) is 0 Å². The van der Waals surface area contributed by atoms with Gasteiger partial charge in [0.2, 0.25) is 11.8 Å². The first-order valence-corrected chi connectivity index (χ1v) is 6.31. The van der Waals surface area contributed by atoms with Crippen LogP contribution in [-0.2, 0) is 9.59 Å². The SMILES string of the molecule is COc1ccccc1[C@@H]1CC2(C)NC(=O)C1C(=O)N2. The Bertz CT molecular complexity index is 537. The Balaban J connectivity index is 2.06. The zero-order valence-electron chi connectivity index (χ0n) is 10.9. The van der Waals surface area contributed by atoms with Crippen LogP contribution < -0.4 is 15.4 Å². The van der Waals surface area contributed by atoms with E-state index in [0.29, 0.717) is 6.42 Å². The fraction of sp³-hybridized carbons (Fsp3) is 0.429.